The molecule has 2 unspecified atom stereocenters. The molecule has 4 heteroatoms. The van der Waals surface area contributed by atoms with Crippen molar-refractivity contribution in [3.05, 3.63) is 54.1 Å². The second-order valence-corrected chi connectivity index (χ2v) is 4.45. The minimum Gasteiger partial charge on any atom is -0.479 e. The average Bonchev–Trinajstić information content (AvgIpc) is 2.40. The van der Waals surface area contributed by atoms with Crippen LogP contribution in [0.25, 0.3) is 5.57 Å². The molecule has 0 amide bonds. The predicted molar refractivity (Wildman–Crippen MR) is 70.6 cm³/mol. The molecule has 0 fully saturated rings. The Bertz CT molecular complexity index is 507. The van der Waals surface area contributed by atoms with Crippen molar-refractivity contribution in [3.8, 4) is 0 Å². The van der Waals surface area contributed by atoms with Crippen LogP contribution in [0.15, 0.2) is 48.6 Å². The molecule has 0 saturated carbocycles. The van der Waals surface area contributed by atoms with Gasteiger partial charge in [-0.05, 0) is 17.2 Å². The first-order valence-corrected chi connectivity index (χ1v) is 5.93. The van der Waals surface area contributed by atoms with Gasteiger partial charge in [0.2, 0.25) is 5.60 Å². The van der Waals surface area contributed by atoms with E-state index in [0.717, 1.165) is 11.1 Å². The van der Waals surface area contributed by atoms with Crippen molar-refractivity contribution in [2.24, 2.45) is 0 Å². The van der Waals surface area contributed by atoms with Crippen molar-refractivity contribution in [2.75, 3.05) is 7.11 Å². The number of hydrogen-bond acceptors (Lipinski definition) is 2. The normalized spacial score (nSPS) is 26.8. The molecule has 0 aliphatic heterocycles. The van der Waals surface area contributed by atoms with E-state index in [0.29, 0.717) is 0 Å². The van der Waals surface area contributed by atoms with Crippen LogP contribution < -0.4 is 0 Å². The molecule has 0 aromatic heterocycles. The molecule has 0 radical (unpaired) electrons. The maximum absolute atomic E-state index is 11.4. The van der Waals surface area contributed by atoms with Crippen molar-refractivity contribution in [1.29, 1.82) is 0 Å². The molecule has 94 valence electrons. The van der Waals surface area contributed by atoms with Crippen molar-refractivity contribution in [3.63, 3.8) is 0 Å². The summed E-state index contributed by atoms with van der Waals surface area (Å²) in [4.78, 5) is 11.4. The molecule has 0 spiro atoms. The highest BCUT2D eigenvalue weighted by molar-refractivity contribution is 6.29. The lowest BCUT2D eigenvalue weighted by atomic mass is 9.85. The van der Waals surface area contributed by atoms with E-state index in [-0.39, 0.29) is 0 Å². The molecule has 18 heavy (non-hydrogen) atoms. The molecule has 1 aromatic rings. The lowest BCUT2D eigenvalue weighted by Crippen LogP contribution is -2.48. The maximum Gasteiger partial charge on any atom is 0.341 e. The Balaban J connectivity index is 2.44. The highest BCUT2D eigenvalue weighted by Crippen LogP contribution is 2.37. The number of aliphatic carboxylic acids is 1. The van der Waals surface area contributed by atoms with Gasteiger partial charge in [-0.25, -0.2) is 4.79 Å². The molecule has 2 atom stereocenters. The monoisotopic (exact) mass is 264 g/mol. The zero-order valence-electron chi connectivity index (χ0n) is 9.84. The number of carbonyl (C=O) groups is 1. The zero-order chi connectivity index (χ0) is 13.2. The van der Waals surface area contributed by atoms with Crippen LogP contribution in [0, 0.1) is 0 Å². The van der Waals surface area contributed by atoms with Gasteiger partial charge in [0.15, 0.2) is 0 Å². The van der Waals surface area contributed by atoms with E-state index in [9.17, 15) is 9.90 Å². The first kappa shape index (κ1) is 12.9. The number of ether oxygens (including phenoxy) is 1. The largest absolute Gasteiger partial charge is 0.479 e. The fraction of sp³-hybridized carbons (Fsp3) is 0.214. The van der Waals surface area contributed by atoms with Crippen LogP contribution in [0.5, 0.6) is 0 Å². The molecule has 0 heterocycles. The summed E-state index contributed by atoms with van der Waals surface area (Å²) in [5, 5.41) is 8.57. The zero-order valence-corrected chi connectivity index (χ0v) is 10.6. The topological polar surface area (TPSA) is 46.5 Å². The number of benzene rings is 1. The molecule has 2 rings (SSSR count). The molecular weight excluding hydrogens is 252 g/mol. The van der Waals surface area contributed by atoms with E-state index in [2.05, 4.69) is 0 Å². The third kappa shape index (κ3) is 1.96. The molecular formula is C14H13ClO3. The molecule has 0 saturated heterocycles. The van der Waals surface area contributed by atoms with Gasteiger partial charge in [0, 0.05) is 7.11 Å². The van der Waals surface area contributed by atoms with Gasteiger partial charge in [-0.3, -0.25) is 0 Å². The number of alkyl halides is 1. The molecule has 1 aliphatic carbocycles. The SMILES string of the molecule is COC1(C(=O)O)C=CC=C(c2ccccc2)C1Cl. The fourth-order valence-electron chi connectivity index (χ4n) is 2.01. The van der Waals surface area contributed by atoms with Crippen molar-refractivity contribution < 1.29 is 14.6 Å². The molecule has 1 N–H and O–H groups in total. The number of rotatable bonds is 3. The summed E-state index contributed by atoms with van der Waals surface area (Å²) in [6, 6.07) is 9.44. The molecule has 3 nitrogen and oxygen atoms in total. The van der Waals surface area contributed by atoms with Crippen LogP contribution in [-0.4, -0.2) is 29.2 Å². The first-order valence-electron chi connectivity index (χ1n) is 5.49. The van der Waals surface area contributed by atoms with Crippen molar-refractivity contribution in [1.82, 2.24) is 0 Å². The third-order valence-corrected chi connectivity index (χ3v) is 3.61. The second kappa shape index (κ2) is 4.96. The summed E-state index contributed by atoms with van der Waals surface area (Å²) in [7, 11) is 1.35. The Hall–Kier alpha value is -1.58. The summed E-state index contributed by atoms with van der Waals surface area (Å²) in [6.07, 6.45) is 4.95. The Kier molecular flexibility index (Phi) is 3.55. The second-order valence-electron chi connectivity index (χ2n) is 4.01. The summed E-state index contributed by atoms with van der Waals surface area (Å²) in [5.41, 5.74) is 0.120. The number of halogens is 1. The Morgan fingerprint density at radius 3 is 2.61 bits per heavy atom. The lowest BCUT2D eigenvalue weighted by Gasteiger charge is -2.33. The van der Waals surface area contributed by atoms with Crippen molar-refractivity contribution >= 4 is 23.1 Å². The van der Waals surface area contributed by atoms with Crippen LogP contribution >= 0.6 is 11.6 Å². The number of carboxylic acids is 1. The van der Waals surface area contributed by atoms with E-state index in [4.69, 9.17) is 16.3 Å². The summed E-state index contributed by atoms with van der Waals surface area (Å²) < 4.78 is 5.15. The van der Waals surface area contributed by atoms with E-state index >= 15 is 0 Å². The fourth-order valence-corrected chi connectivity index (χ4v) is 2.46. The standard InChI is InChI=1S/C14H13ClO3/c1-18-14(13(16)17)9-5-8-11(12(14)15)10-6-3-2-4-7-10/h2-9,12H,1H3,(H,16,17). The van der Waals surface area contributed by atoms with Gasteiger partial charge in [-0.1, -0.05) is 42.5 Å². The molecule has 1 aliphatic rings. The lowest BCUT2D eigenvalue weighted by molar-refractivity contribution is -0.155. The minimum absolute atomic E-state index is 0.740. The van der Waals surface area contributed by atoms with Gasteiger partial charge in [-0.2, -0.15) is 0 Å². The Labute approximate surface area is 110 Å². The van der Waals surface area contributed by atoms with Crippen LogP contribution in [-0.2, 0) is 9.53 Å². The van der Waals surface area contributed by atoms with Gasteiger partial charge < -0.3 is 9.84 Å². The van der Waals surface area contributed by atoms with Gasteiger partial charge in [0.1, 0.15) is 5.38 Å². The van der Waals surface area contributed by atoms with Crippen LogP contribution in [0.2, 0.25) is 0 Å². The summed E-state index contributed by atoms with van der Waals surface area (Å²) in [6.45, 7) is 0. The van der Waals surface area contributed by atoms with E-state index < -0.39 is 16.9 Å². The van der Waals surface area contributed by atoms with Crippen LogP contribution in [0.1, 0.15) is 5.56 Å². The first-order chi connectivity index (χ1) is 8.62. The molecule has 1 aromatic carbocycles. The quantitative estimate of drug-likeness (QED) is 0.854. The summed E-state index contributed by atoms with van der Waals surface area (Å²) >= 11 is 6.31. The van der Waals surface area contributed by atoms with Crippen molar-refractivity contribution in [2.45, 2.75) is 11.0 Å². The number of methoxy groups -OCH3 is 1. The highest BCUT2D eigenvalue weighted by atomic mass is 35.5. The average molecular weight is 265 g/mol. The Morgan fingerprint density at radius 2 is 2.06 bits per heavy atom. The summed E-state index contributed by atoms with van der Waals surface area (Å²) in [5.74, 6) is -1.09. The Morgan fingerprint density at radius 1 is 1.39 bits per heavy atom. The van der Waals surface area contributed by atoms with E-state index in [1.54, 1.807) is 6.08 Å². The number of carboxylic acid groups (broad SMARTS) is 1. The van der Waals surface area contributed by atoms with Gasteiger partial charge in [0.05, 0.1) is 0 Å². The predicted octanol–water partition coefficient (Wildman–Crippen LogP) is 2.72. The highest BCUT2D eigenvalue weighted by Gasteiger charge is 2.46. The third-order valence-electron chi connectivity index (χ3n) is 3.05. The van der Waals surface area contributed by atoms with E-state index in [1.165, 1.54) is 13.2 Å². The maximum atomic E-state index is 11.4. The number of hydrogen-bond donors (Lipinski definition) is 1. The van der Waals surface area contributed by atoms with E-state index in [1.807, 2.05) is 36.4 Å². The van der Waals surface area contributed by atoms with Gasteiger partial charge in [-0.15, -0.1) is 11.6 Å². The minimum atomic E-state index is -1.51. The smallest absolute Gasteiger partial charge is 0.341 e. The molecule has 0 bridgehead atoms. The van der Waals surface area contributed by atoms with Gasteiger partial charge >= 0.3 is 5.97 Å². The number of allylic oxidation sites excluding steroid dienone is 2. The van der Waals surface area contributed by atoms with Crippen LogP contribution in [0.3, 0.4) is 0 Å². The van der Waals surface area contributed by atoms with Gasteiger partial charge in [0.25, 0.3) is 0 Å². The van der Waals surface area contributed by atoms with Crippen LogP contribution in [0.4, 0.5) is 0 Å².